The number of benzene rings is 6. The minimum absolute atomic E-state index is 0.0244. The van der Waals surface area contributed by atoms with Crippen LogP contribution in [0.4, 0.5) is 43.4 Å². The summed E-state index contributed by atoms with van der Waals surface area (Å²) in [6, 6.07) is 36.0. The van der Waals surface area contributed by atoms with Gasteiger partial charge in [0.05, 0.1) is 68.9 Å². The standard InChI is InChI=1S/2C32H30F2N4O4.C30H29F2N3O3/c2*1-5-26(40)36-15-19-16-42-30-29(37(19)14-18(36)4)21-13-23(34)28(27-22(33)10-8-12-25(27)39)35-31(21)38(32(30)41)24-11-7-6-9-20(24)17(2)3;1-16(2)19-7-4-5-9-23(19)35-29-20(13-22(32)26(33-29)25-21(31)8-6-10-24(25)36)27-28(30(35)37)38-15-18-12-11-17(3)14-34(18)27/h2*5-13,17-19,39H,1,14-16H2,2-4H3;4-10,13,16-18,36H,11-12,14-15H2,1-3H3/t2*18-,19-;17-,18+/m110/s1. The first kappa shape index (κ1) is 82.3. The van der Waals surface area contributed by atoms with Gasteiger partial charge in [0.15, 0.2) is 34.4 Å². The lowest BCUT2D eigenvalue weighted by molar-refractivity contribution is -0.130. The second-order valence-electron chi connectivity index (χ2n) is 32.7. The van der Waals surface area contributed by atoms with Crippen LogP contribution in [0.5, 0.6) is 34.5 Å². The molecule has 0 bridgehead atoms. The highest BCUT2D eigenvalue weighted by molar-refractivity contribution is 6.00. The molecule has 3 N–H and O–H groups in total. The molecule has 122 heavy (non-hydrogen) atoms. The second kappa shape index (κ2) is 32.6. The van der Waals surface area contributed by atoms with Crippen molar-refractivity contribution in [1.29, 1.82) is 0 Å². The average Bonchev–Trinajstić information content (AvgIpc) is 0.725. The van der Waals surface area contributed by atoms with Crippen molar-refractivity contribution in [2.75, 3.05) is 67.2 Å². The number of carbonyl (C=O) groups excluding carboxylic acids is 2. The van der Waals surface area contributed by atoms with Gasteiger partial charge in [0.25, 0.3) is 0 Å². The molecule has 628 valence electrons. The van der Waals surface area contributed by atoms with Gasteiger partial charge >= 0.3 is 16.7 Å². The van der Waals surface area contributed by atoms with E-state index in [9.17, 15) is 52.5 Å². The maximum absolute atomic E-state index is 15.9. The van der Waals surface area contributed by atoms with Gasteiger partial charge in [-0.2, -0.15) is 0 Å². The number of halogens is 6. The number of pyridine rings is 6. The highest BCUT2D eigenvalue weighted by Gasteiger charge is 2.45. The van der Waals surface area contributed by atoms with Crippen molar-refractivity contribution in [3.63, 3.8) is 0 Å². The Bertz CT molecular complexity index is 6170. The third kappa shape index (κ3) is 14.2. The van der Waals surface area contributed by atoms with Gasteiger partial charge in [0, 0.05) is 61.0 Å². The van der Waals surface area contributed by atoms with Crippen LogP contribution in [-0.4, -0.2) is 148 Å². The molecule has 28 heteroatoms. The van der Waals surface area contributed by atoms with Crippen LogP contribution < -0.4 is 45.6 Å². The van der Waals surface area contributed by atoms with Gasteiger partial charge in [-0.05, 0) is 152 Å². The van der Waals surface area contributed by atoms with Gasteiger partial charge in [-0.1, -0.05) is 134 Å². The number of nitrogens with zero attached hydrogens (tertiary/aromatic N) is 11. The van der Waals surface area contributed by atoms with Crippen molar-refractivity contribution in [2.24, 2.45) is 5.92 Å². The topological polar surface area (TPSA) is 243 Å². The molecule has 12 aromatic rings. The van der Waals surface area contributed by atoms with E-state index in [1.807, 2.05) is 114 Å². The van der Waals surface area contributed by atoms with E-state index in [0.29, 0.717) is 95.5 Å². The van der Waals surface area contributed by atoms with Crippen LogP contribution in [0.25, 0.3) is 83.9 Å². The molecule has 2 amide bonds. The van der Waals surface area contributed by atoms with Gasteiger partial charge < -0.3 is 54.0 Å². The van der Waals surface area contributed by atoms with E-state index in [1.54, 1.807) is 34.1 Å². The summed E-state index contributed by atoms with van der Waals surface area (Å²) < 4.78 is 115. The van der Waals surface area contributed by atoms with Crippen LogP contribution in [0.15, 0.2) is 185 Å². The summed E-state index contributed by atoms with van der Waals surface area (Å²) in [5.41, 5.74) is 2.17. The molecule has 6 aliphatic rings. The number of hydrogen-bond donors (Lipinski definition) is 3. The SMILES string of the molecule is C=CC(=O)N1C[C@@H]2COc3c(c4cc(F)c(-c5c(O)cccc5F)nc4n(-c4ccccc4C(C)C)c3=O)N2C[C@H]1C.C=CC(=O)N1C[C@@H]2COc3c(c4cc(F)c(-c5c(O)cccc5F)nc4n(-c4ccccc4C(C)C)c3=O)N2C[C@H]1C.CC(C)c1ccccc1-n1c(=O)c2c(c3cc(F)c(-c4c(O)cccc4F)nc31)N1C[C@@H](C)CC[C@@H]1CO2. The Morgan fingerprint density at radius 2 is 0.713 bits per heavy atom. The quantitative estimate of drug-likeness (QED) is 0.0805. The Kier molecular flexibility index (Phi) is 22.0. The number of para-hydroxylation sites is 3. The van der Waals surface area contributed by atoms with E-state index >= 15 is 13.2 Å². The molecule has 18 rings (SSSR count). The zero-order valence-corrected chi connectivity index (χ0v) is 68.5. The third-order valence-electron chi connectivity index (χ3n) is 23.9. The van der Waals surface area contributed by atoms with Crippen LogP contribution >= 0.6 is 0 Å². The Morgan fingerprint density at radius 3 is 1.02 bits per heavy atom. The van der Waals surface area contributed by atoms with Crippen molar-refractivity contribution >= 4 is 62.0 Å². The average molecular weight is 1660 g/mol. The fraction of sp³-hybridized carbons (Fsp3) is 0.298. The molecule has 0 saturated carbocycles. The van der Waals surface area contributed by atoms with Gasteiger partial charge in [-0.3, -0.25) is 37.7 Å². The number of anilines is 3. The predicted molar refractivity (Wildman–Crippen MR) is 456 cm³/mol. The van der Waals surface area contributed by atoms with Crippen molar-refractivity contribution in [3.8, 4) is 85.3 Å². The number of rotatable bonds is 11. The van der Waals surface area contributed by atoms with E-state index in [2.05, 4.69) is 39.9 Å². The molecule has 3 fully saturated rings. The molecule has 0 radical (unpaired) electrons. The van der Waals surface area contributed by atoms with Crippen molar-refractivity contribution in [2.45, 2.75) is 123 Å². The number of hydrogen-bond acceptors (Lipinski definition) is 17. The minimum atomic E-state index is -0.872. The highest BCUT2D eigenvalue weighted by Crippen LogP contribution is 2.49. The maximum atomic E-state index is 15.9. The minimum Gasteiger partial charge on any atom is -0.507 e. The van der Waals surface area contributed by atoms with E-state index in [-0.39, 0.29) is 118 Å². The molecular formula is C94H89F6N11O11. The van der Waals surface area contributed by atoms with Crippen LogP contribution in [0.3, 0.4) is 0 Å². The van der Waals surface area contributed by atoms with Gasteiger partial charge in [0.1, 0.15) is 71.6 Å². The van der Waals surface area contributed by atoms with E-state index < -0.39 is 91.3 Å². The lowest BCUT2D eigenvalue weighted by Crippen LogP contribution is -2.62. The van der Waals surface area contributed by atoms with Crippen LogP contribution in [0.1, 0.15) is 110 Å². The fourth-order valence-electron chi connectivity index (χ4n) is 17.9. The summed E-state index contributed by atoms with van der Waals surface area (Å²) >= 11 is 0. The zero-order valence-electron chi connectivity index (χ0n) is 68.5. The number of aromatic nitrogens is 6. The molecule has 3 saturated heterocycles. The Labute approximate surface area is 697 Å². The van der Waals surface area contributed by atoms with Crippen molar-refractivity contribution in [3.05, 3.63) is 254 Å². The molecule has 12 heterocycles. The molecule has 6 aliphatic heterocycles. The van der Waals surface area contributed by atoms with Crippen LogP contribution in [-0.2, 0) is 9.59 Å². The van der Waals surface area contributed by atoms with E-state index in [1.165, 1.54) is 80.5 Å². The number of phenols is 3. The van der Waals surface area contributed by atoms with Crippen LogP contribution in [0, 0.1) is 40.8 Å². The molecule has 0 aliphatic carbocycles. The maximum Gasteiger partial charge on any atom is 0.301 e. The Balaban J connectivity index is 0.000000136. The first-order valence-corrected chi connectivity index (χ1v) is 40.6. The largest absolute Gasteiger partial charge is 0.507 e. The first-order chi connectivity index (χ1) is 58.5. The molecular weight excluding hydrogens is 1570 g/mol. The summed E-state index contributed by atoms with van der Waals surface area (Å²) in [5, 5.41) is 32.4. The Morgan fingerprint density at radius 1 is 0.410 bits per heavy atom. The van der Waals surface area contributed by atoms with E-state index in [0.717, 1.165) is 47.7 Å². The number of fused-ring (bicyclic) bond motifs is 15. The fourth-order valence-corrected chi connectivity index (χ4v) is 17.9. The molecule has 6 aromatic heterocycles. The smallest absolute Gasteiger partial charge is 0.301 e. The molecule has 22 nitrogen and oxygen atoms in total. The van der Waals surface area contributed by atoms with Crippen LogP contribution in [0.2, 0.25) is 0 Å². The summed E-state index contributed by atoms with van der Waals surface area (Å²) in [7, 11) is 0. The second-order valence-corrected chi connectivity index (χ2v) is 32.7. The van der Waals surface area contributed by atoms with E-state index in [4.69, 9.17) is 14.2 Å². The monoisotopic (exact) mass is 1660 g/mol. The lowest BCUT2D eigenvalue weighted by atomic mass is 9.92. The van der Waals surface area contributed by atoms with Crippen molar-refractivity contribution < 1.29 is 65.5 Å². The zero-order chi connectivity index (χ0) is 86.5. The highest BCUT2D eigenvalue weighted by atomic mass is 19.1. The normalized spacial score (nSPS) is 18.3. The van der Waals surface area contributed by atoms with Gasteiger partial charge in [0.2, 0.25) is 29.1 Å². The number of carbonyl (C=O) groups is 2. The number of phenolic OH excluding ortho intramolecular Hbond substituents is 3. The number of aromatic hydroxyl groups is 3. The molecule has 6 atom stereocenters. The van der Waals surface area contributed by atoms with Gasteiger partial charge in [-0.25, -0.2) is 41.3 Å². The molecule has 0 spiro atoms. The summed E-state index contributed by atoms with van der Waals surface area (Å²) in [6.45, 7) is 27.9. The summed E-state index contributed by atoms with van der Waals surface area (Å²) in [4.78, 5) is 91.0. The van der Waals surface area contributed by atoms with Gasteiger partial charge in [-0.15, -0.1) is 0 Å². The van der Waals surface area contributed by atoms with Crippen molar-refractivity contribution in [1.82, 2.24) is 38.5 Å². The number of piperidine rings is 1. The number of amides is 2. The Hall–Kier alpha value is -13.4. The number of ether oxygens (including phenoxy) is 3. The summed E-state index contributed by atoms with van der Waals surface area (Å²) in [6.07, 6.45) is 4.48. The summed E-state index contributed by atoms with van der Waals surface area (Å²) in [5.74, 6) is -6.06. The first-order valence-electron chi connectivity index (χ1n) is 40.6. The molecule has 6 aromatic carbocycles. The predicted octanol–water partition coefficient (Wildman–Crippen LogP) is 16.4. The molecule has 0 unspecified atom stereocenters. The third-order valence-corrected chi connectivity index (χ3v) is 23.9. The lowest BCUT2D eigenvalue weighted by Gasteiger charge is -2.48. The number of piperazine rings is 2.